The maximum Gasteiger partial charge on any atom is 0.136 e. The quantitative estimate of drug-likeness (QED) is 0.371. The predicted octanol–water partition coefficient (Wildman–Crippen LogP) is 6.41. The van der Waals surface area contributed by atoms with Crippen molar-refractivity contribution in [3.63, 3.8) is 0 Å². The Morgan fingerprint density at radius 3 is 2.63 bits per heavy atom. The molecule has 4 heteroatoms. The number of aromatic nitrogens is 2. The zero-order valence-electron chi connectivity index (χ0n) is 14.8. The molecule has 2 aromatic heterocycles. The van der Waals surface area contributed by atoms with Crippen molar-refractivity contribution in [3.8, 4) is 5.75 Å². The number of aromatic amines is 1. The van der Waals surface area contributed by atoms with Crippen LogP contribution in [0.2, 0.25) is 5.15 Å². The van der Waals surface area contributed by atoms with Gasteiger partial charge < -0.3 is 9.72 Å². The van der Waals surface area contributed by atoms with Gasteiger partial charge in [-0.05, 0) is 53.8 Å². The maximum absolute atomic E-state index is 6.35. The van der Waals surface area contributed by atoms with E-state index in [1.165, 1.54) is 5.56 Å². The third-order valence-electron chi connectivity index (χ3n) is 5.07. The molecule has 0 unspecified atom stereocenters. The zero-order valence-corrected chi connectivity index (χ0v) is 15.5. The Kier molecular flexibility index (Phi) is 3.76. The number of aryl methyl sites for hydroxylation is 1. The van der Waals surface area contributed by atoms with Crippen molar-refractivity contribution in [2.45, 2.75) is 13.5 Å². The molecule has 1 N–H and O–H groups in total. The topological polar surface area (TPSA) is 37.9 Å². The fourth-order valence-electron chi connectivity index (χ4n) is 3.66. The monoisotopic (exact) mass is 372 g/mol. The van der Waals surface area contributed by atoms with Crippen LogP contribution in [0.3, 0.4) is 0 Å². The molecule has 0 aliphatic rings. The third kappa shape index (κ3) is 2.71. The average Bonchev–Trinajstić information content (AvgIpc) is 3.07. The normalized spacial score (nSPS) is 11.5. The van der Waals surface area contributed by atoms with Crippen molar-refractivity contribution in [3.05, 3.63) is 83.1 Å². The Morgan fingerprint density at radius 2 is 1.78 bits per heavy atom. The number of pyridine rings is 1. The smallest absolute Gasteiger partial charge is 0.136 e. The largest absolute Gasteiger partial charge is 0.489 e. The fraction of sp³-hybridized carbons (Fsp3) is 0.0870. The number of halogens is 1. The first-order valence-corrected chi connectivity index (χ1v) is 9.24. The summed E-state index contributed by atoms with van der Waals surface area (Å²) in [6, 6.07) is 20.5. The molecule has 0 fully saturated rings. The summed E-state index contributed by atoms with van der Waals surface area (Å²) in [6.45, 7) is 2.66. The molecule has 3 nitrogen and oxygen atoms in total. The van der Waals surface area contributed by atoms with Gasteiger partial charge in [0, 0.05) is 27.9 Å². The van der Waals surface area contributed by atoms with Gasteiger partial charge in [0.2, 0.25) is 0 Å². The minimum Gasteiger partial charge on any atom is -0.489 e. The van der Waals surface area contributed by atoms with E-state index in [4.69, 9.17) is 16.3 Å². The number of ether oxygens (including phenoxy) is 1. The lowest BCUT2D eigenvalue weighted by Crippen LogP contribution is -1.94. The van der Waals surface area contributed by atoms with Gasteiger partial charge in [-0.3, -0.25) is 0 Å². The molecule has 132 valence electrons. The van der Waals surface area contributed by atoms with E-state index < -0.39 is 0 Å². The Labute approximate surface area is 161 Å². The Bertz CT molecular complexity index is 1290. The van der Waals surface area contributed by atoms with Crippen molar-refractivity contribution in [1.82, 2.24) is 9.97 Å². The van der Waals surface area contributed by atoms with Gasteiger partial charge >= 0.3 is 0 Å². The summed E-state index contributed by atoms with van der Waals surface area (Å²) >= 11 is 6.35. The second-order valence-electron chi connectivity index (χ2n) is 6.73. The second-order valence-corrected chi connectivity index (χ2v) is 7.09. The molecular formula is C23H17ClN2O. The van der Waals surface area contributed by atoms with Gasteiger partial charge in [-0.25, -0.2) is 4.98 Å². The molecule has 0 bridgehead atoms. The number of benzene rings is 3. The van der Waals surface area contributed by atoms with Crippen molar-refractivity contribution in [1.29, 1.82) is 0 Å². The van der Waals surface area contributed by atoms with Crippen LogP contribution in [0.25, 0.3) is 32.6 Å². The van der Waals surface area contributed by atoms with E-state index in [9.17, 15) is 0 Å². The van der Waals surface area contributed by atoms with E-state index >= 15 is 0 Å². The summed E-state index contributed by atoms with van der Waals surface area (Å²) in [5, 5.41) is 4.88. The van der Waals surface area contributed by atoms with E-state index in [0.717, 1.165) is 43.9 Å². The van der Waals surface area contributed by atoms with Crippen molar-refractivity contribution >= 4 is 44.2 Å². The lowest BCUT2D eigenvalue weighted by atomic mass is 10.0. The van der Waals surface area contributed by atoms with Crippen LogP contribution in [0.5, 0.6) is 5.75 Å². The Morgan fingerprint density at radius 1 is 0.926 bits per heavy atom. The van der Waals surface area contributed by atoms with E-state index in [-0.39, 0.29) is 0 Å². The SMILES string of the molecule is Cc1c2ccnc(Cl)c2cc2c1[nH]c1ccc(OCc3ccccc3)cc12. The number of hydrogen-bond donors (Lipinski definition) is 1. The summed E-state index contributed by atoms with van der Waals surface area (Å²) in [5.41, 5.74) is 4.53. The van der Waals surface area contributed by atoms with Crippen molar-refractivity contribution in [2.24, 2.45) is 0 Å². The summed E-state index contributed by atoms with van der Waals surface area (Å²) in [4.78, 5) is 7.77. The van der Waals surface area contributed by atoms with Gasteiger partial charge in [-0.15, -0.1) is 0 Å². The fourth-order valence-corrected chi connectivity index (χ4v) is 3.87. The van der Waals surface area contributed by atoms with Gasteiger partial charge in [0.1, 0.15) is 17.5 Å². The van der Waals surface area contributed by atoms with Crippen molar-refractivity contribution < 1.29 is 4.74 Å². The minimum absolute atomic E-state index is 0.531. The van der Waals surface area contributed by atoms with Crippen LogP contribution in [-0.2, 0) is 6.61 Å². The van der Waals surface area contributed by atoms with Gasteiger partial charge in [-0.2, -0.15) is 0 Å². The van der Waals surface area contributed by atoms with Gasteiger partial charge in [0.25, 0.3) is 0 Å². The van der Waals surface area contributed by atoms with Crippen LogP contribution in [0.4, 0.5) is 0 Å². The average molecular weight is 373 g/mol. The van der Waals surface area contributed by atoms with Crippen LogP contribution < -0.4 is 4.74 Å². The number of fused-ring (bicyclic) bond motifs is 4. The second kappa shape index (κ2) is 6.29. The lowest BCUT2D eigenvalue weighted by molar-refractivity contribution is 0.306. The molecule has 0 spiro atoms. The number of H-pyrrole nitrogens is 1. The number of nitrogens with zero attached hydrogens (tertiary/aromatic N) is 1. The highest BCUT2D eigenvalue weighted by Gasteiger charge is 2.12. The van der Waals surface area contributed by atoms with E-state index in [2.05, 4.69) is 47.2 Å². The van der Waals surface area contributed by atoms with Crippen LogP contribution in [0.1, 0.15) is 11.1 Å². The first-order valence-electron chi connectivity index (χ1n) is 8.87. The van der Waals surface area contributed by atoms with Crippen LogP contribution in [0, 0.1) is 6.92 Å². The maximum atomic E-state index is 6.35. The van der Waals surface area contributed by atoms with Crippen LogP contribution >= 0.6 is 11.6 Å². The van der Waals surface area contributed by atoms with E-state index in [1.807, 2.05) is 30.3 Å². The number of hydrogen-bond acceptors (Lipinski definition) is 2. The Balaban J connectivity index is 1.64. The van der Waals surface area contributed by atoms with Crippen LogP contribution in [-0.4, -0.2) is 9.97 Å². The molecule has 0 aliphatic heterocycles. The molecule has 0 amide bonds. The number of rotatable bonds is 3. The predicted molar refractivity (Wildman–Crippen MR) is 112 cm³/mol. The van der Waals surface area contributed by atoms with Crippen molar-refractivity contribution in [2.75, 3.05) is 0 Å². The van der Waals surface area contributed by atoms with Gasteiger partial charge in [0.05, 0.1) is 5.52 Å². The standard InChI is InChI=1S/C23H17ClN2O/c1-14-17-9-10-25-23(24)20(17)12-19-18-11-16(7-8-21(18)26-22(14)19)27-13-15-5-3-2-4-6-15/h2-12,26H,13H2,1H3. The van der Waals surface area contributed by atoms with Gasteiger partial charge in [0.15, 0.2) is 0 Å². The molecule has 0 saturated carbocycles. The first-order chi connectivity index (χ1) is 13.2. The molecule has 0 atom stereocenters. The highest BCUT2D eigenvalue weighted by Crippen LogP contribution is 2.36. The molecule has 2 heterocycles. The first kappa shape index (κ1) is 16.2. The molecule has 0 aliphatic carbocycles. The molecule has 0 saturated heterocycles. The van der Waals surface area contributed by atoms with E-state index in [1.54, 1.807) is 6.20 Å². The lowest BCUT2D eigenvalue weighted by Gasteiger charge is -2.07. The minimum atomic E-state index is 0.531. The molecule has 27 heavy (non-hydrogen) atoms. The molecule has 3 aromatic carbocycles. The highest BCUT2D eigenvalue weighted by molar-refractivity contribution is 6.35. The molecule has 0 radical (unpaired) electrons. The zero-order chi connectivity index (χ0) is 18.4. The summed E-state index contributed by atoms with van der Waals surface area (Å²) in [6.07, 6.45) is 1.75. The van der Waals surface area contributed by atoms with E-state index in [0.29, 0.717) is 11.8 Å². The number of nitrogens with one attached hydrogen (secondary N) is 1. The summed E-state index contributed by atoms with van der Waals surface area (Å²) in [7, 11) is 0. The van der Waals surface area contributed by atoms with Crippen LogP contribution in [0.15, 0.2) is 66.9 Å². The Hall–Kier alpha value is -3.04. The molecule has 5 rings (SSSR count). The summed E-state index contributed by atoms with van der Waals surface area (Å²) in [5.74, 6) is 0.849. The highest BCUT2D eigenvalue weighted by atomic mass is 35.5. The third-order valence-corrected chi connectivity index (χ3v) is 5.37. The van der Waals surface area contributed by atoms with Gasteiger partial charge in [-0.1, -0.05) is 41.9 Å². The molecular weight excluding hydrogens is 356 g/mol. The molecule has 5 aromatic rings. The summed E-state index contributed by atoms with van der Waals surface area (Å²) < 4.78 is 6.01.